The van der Waals surface area contributed by atoms with Gasteiger partial charge in [0.05, 0.1) is 23.7 Å². The lowest BCUT2D eigenvalue weighted by molar-refractivity contribution is -0.120. The van der Waals surface area contributed by atoms with Crippen molar-refractivity contribution in [3.8, 4) is 5.75 Å². The van der Waals surface area contributed by atoms with Crippen LogP contribution in [0.4, 0.5) is 5.69 Å². The van der Waals surface area contributed by atoms with Crippen LogP contribution in [0.2, 0.25) is 5.02 Å². The molecule has 0 spiro atoms. The van der Waals surface area contributed by atoms with Gasteiger partial charge in [-0.05, 0) is 55.3 Å². The number of ether oxygens (including phenoxy) is 1. The summed E-state index contributed by atoms with van der Waals surface area (Å²) >= 11 is 6.25. The molecule has 1 amide bonds. The molecule has 0 aliphatic heterocycles. The summed E-state index contributed by atoms with van der Waals surface area (Å²) in [5, 5.41) is 3.36. The molecular weight excluding hydrogens is 520 g/mol. The van der Waals surface area contributed by atoms with Gasteiger partial charge in [0.25, 0.3) is 10.0 Å². The first-order chi connectivity index (χ1) is 18.2. The van der Waals surface area contributed by atoms with Crippen molar-refractivity contribution in [2.24, 2.45) is 0 Å². The largest absolute Gasteiger partial charge is 0.495 e. The SMILES string of the molecule is COc1ccc(Cl)cc1N(CC(=O)NC(c1ccccc1)c1cccc(C)c1)S(=O)(=O)c1ccc(C)cc1. The highest BCUT2D eigenvalue weighted by atomic mass is 35.5. The topological polar surface area (TPSA) is 75.7 Å². The van der Waals surface area contributed by atoms with Crippen molar-refractivity contribution < 1.29 is 17.9 Å². The van der Waals surface area contributed by atoms with Gasteiger partial charge in [0, 0.05) is 5.02 Å². The van der Waals surface area contributed by atoms with Crippen LogP contribution in [-0.4, -0.2) is 28.0 Å². The number of halogens is 1. The van der Waals surface area contributed by atoms with Crippen LogP contribution in [0.1, 0.15) is 28.3 Å². The van der Waals surface area contributed by atoms with E-state index in [1.807, 2.05) is 68.4 Å². The predicted molar refractivity (Wildman–Crippen MR) is 151 cm³/mol. The van der Waals surface area contributed by atoms with E-state index in [-0.39, 0.29) is 16.3 Å². The van der Waals surface area contributed by atoms with Gasteiger partial charge in [0.1, 0.15) is 12.3 Å². The van der Waals surface area contributed by atoms with Gasteiger partial charge in [-0.15, -0.1) is 0 Å². The number of nitrogens with zero attached hydrogens (tertiary/aromatic N) is 1. The van der Waals surface area contributed by atoms with Gasteiger partial charge in [0.2, 0.25) is 5.91 Å². The lowest BCUT2D eigenvalue weighted by Crippen LogP contribution is -2.42. The predicted octanol–water partition coefficient (Wildman–Crippen LogP) is 6.07. The number of carbonyl (C=O) groups is 1. The molecule has 0 aromatic heterocycles. The van der Waals surface area contributed by atoms with Crippen molar-refractivity contribution in [3.63, 3.8) is 0 Å². The Hall–Kier alpha value is -3.81. The van der Waals surface area contributed by atoms with Crippen LogP contribution in [0.3, 0.4) is 0 Å². The Kier molecular flexibility index (Phi) is 8.39. The van der Waals surface area contributed by atoms with Crippen molar-refractivity contribution in [2.45, 2.75) is 24.8 Å². The molecule has 8 heteroatoms. The Morgan fingerprint density at radius 2 is 1.55 bits per heavy atom. The molecule has 0 saturated carbocycles. The molecule has 0 radical (unpaired) electrons. The Labute approximate surface area is 228 Å². The third-order valence-corrected chi connectivity index (χ3v) is 8.13. The summed E-state index contributed by atoms with van der Waals surface area (Å²) in [7, 11) is -2.72. The van der Waals surface area contributed by atoms with Gasteiger partial charge >= 0.3 is 0 Å². The average molecular weight is 549 g/mol. The molecule has 0 aliphatic rings. The van der Waals surface area contributed by atoms with Gasteiger partial charge in [-0.25, -0.2) is 8.42 Å². The van der Waals surface area contributed by atoms with E-state index in [1.165, 1.54) is 25.3 Å². The summed E-state index contributed by atoms with van der Waals surface area (Å²) in [6.07, 6.45) is 0. The van der Waals surface area contributed by atoms with E-state index in [2.05, 4.69) is 5.32 Å². The van der Waals surface area contributed by atoms with Crippen LogP contribution in [0.5, 0.6) is 5.75 Å². The summed E-state index contributed by atoms with van der Waals surface area (Å²) in [4.78, 5) is 13.6. The van der Waals surface area contributed by atoms with Crippen molar-refractivity contribution in [1.82, 2.24) is 5.32 Å². The van der Waals surface area contributed by atoms with E-state index in [9.17, 15) is 13.2 Å². The van der Waals surface area contributed by atoms with Crippen molar-refractivity contribution in [2.75, 3.05) is 18.0 Å². The zero-order chi connectivity index (χ0) is 27.3. The Morgan fingerprint density at radius 3 is 2.21 bits per heavy atom. The van der Waals surface area contributed by atoms with Gasteiger partial charge in [-0.2, -0.15) is 0 Å². The number of carbonyl (C=O) groups excluding carboxylic acids is 1. The van der Waals surface area contributed by atoms with Crippen LogP contribution in [0.25, 0.3) is 0 Å². The second-order valence-electron chi connectivity index (χ2n) is 8.97. The number of hydrogen-bond acceptors (Lipinski definition) is 4. The fourth-order valence-corrected chi connectivity index (χ4v) is 5.78. The van der Waals surface area contributed by atoms with Crippen LogP contribution in [0, 0.1) is 13.8 Å². The quantitative estimate of drug-likeness (QED) is 0.275. The average Bonchev–Trinajstić information content (AvgIpc) is 2.91. The number of hydrogen-bond donors (Lipinski definition) is 1. The second kappa shape index (κ2) is 11.7. The highest BCUT2D eigenvalue weighted by molar-refractivity contribution is 7.92. The molecule has 1 atom stereocenters. The number of sulfonamides is 1. The summed E-state index contributed by atoms with van der Waals surface area (Å²) in [5.41, 5.74) is 3.89. The van der Waals surface area contributed by atoms with E-state index in [0.29, 0.717) is 5.02 Å². The first-order valence-electron chi connectivity index (χ1n) is 12.0. The Balaban J connectivity index is 1.75. The number of benzene rings is 4. The lowest BCUT2D eigenvalue weighted by atomic mass is 9.97. The second-order valence-corrected chi connectivity index (χ2v) is 11.3. The summed E-state index contributed by atoms with van der Waals surface area (Å²) < 4.78 is 34.2. The molecule has 0 bridgehead atoms. The minimum absolute atomic E-state index is 0.0521. The van der Waals surface area contributed by atoms with Gasteiger partial charge < -0.3 is 10.1 Å². The molecule has 1 N–H and O–H groups in total. The van der Waals surface area contributed by atoms with E-state index in [1.54, 1.807) is 24.3 Å². The van der Waals surface area contributed by atoms with Crippen molar-refractivity contribution >= 4 is 33.2 Å². The molecule has 0 saturated heterocycles. The molecule has 38 heavy (non-hydrogen) atoms. The first kappa shape index (κ1) is 27.2. The summed E-state index contributed by atoms with van der Waals surface area (Å²) in [6.45, 7) is 3.37. The first-order valence-corrected chi connectivity index (χ1v) is 13.8. The molecule has 0 fully saturated rings. The highest BCUT2D eigenvalue weighted by Crippen LogP contribution is 2.35. The fraction of sp³-hybridized carbons (Fsp3) is 0.167. The maximum Gasteiger partial charge on any atom is 0.264 e. The number of rotatable bonds is 9. The zero-order valence-corrected chi connectivity index (χ0v) is 23.0. The van der Waals surface area contributed by atoms with E-state index < -0.39 is 28.5 Å². The third-order valence-electron chi connectivity index (χ3n) is 6.12. The smallest absolute Gasteiger partial charge is 0.264 e. The minimum Gasteiger partial charge on any atom is -0.495 e. The van der Waals surface area contributed by atoms with E-state index >= 15 is 0 Å². The molecule has 196 valence electrons. The number of anilines is 1. The maximum atomic E-state index is 13.9. The maximum absolute atomic E-state index is 13.9. The van der Waals surface area contributed by atoms with Crippen LogP contribution >= 0.6 is 11.6 Å². The number of aryl methyl sites for hydroxylation is 2. The minimum atomic E-state index is -4.15. The van der Waals surface area contributed by atoms with Crippen LogP contribution < -0.4 is 14.4 Å². The molecule has 0 heterocycles. The zero-order valence-electron chi connectivity index (χ0n) is 21.4. The van der Waals surface area contributed by atoms with Crippen LogP contribution in [0.15, 0.2) is 102 Å². The van der Waals surface area contributed by atoms with E-state index in [0.717, 1.165) is 26.6 Å². The van der Waals surface area contributed by atoms with Gasteiger partial charge in [-0.1, -0.05) is 89.5 Å². The normalized spacial score (nSPS) is 12.0. The lowest BCUT2D eigenvalue weighted by Gasteiger charge is -2.27. The Morgan fingerprint density at radius 1 is 0.868 bits per heavy atom. The van der Waals surface area contributed by atoms with Crippen LogP contribution in [-0.2, 0) is 14.8 Å². The van der Waals surface area contributed by atoms with Gasteiger partial charge in [-0.3, -0.25) is 9.10 Å². The Bertz CT molecular complexity index is 1520. The summed E-state index contributed by atoms with van der Waals surface area (Å²) in [5.74, 6) is -0.214. The molecule has 6 nitrogen and oxygen atoms in total. The fourth-order valence-electron chi connectivity index (χ4n) is 4.19. The molecule has 4 aromatic rings. The van der Waals surface area contributed by atoms with E-state index in [4.69, 9.17) is 16.3 Å². The molecular formula is C30H29ClN2O4S. The monoisotopic (exact) mass is 548 g/mol. The molecule has 0 aliphatic carbocycles. The molecule has 4 aromatic carbocycles. The highest BCUT2D eigenvalue weighted by Gasteiger charge is 2.30. The molecule has 1 unspecified atom stereocenters. The van der Waals surface area contributed by atoms with Crippen molar-refractivity contribution in [1.29, 1.82) is 0 Å². The number of amides is 1. The summed E-state index contributed by atoms with van der Waals surface area (Å²) in [6, 6.07) is 28.0. The third kappa shape index (κ3) is 6.18. The molecule has 4 rings (SSSR count). The standard InChI is InChI=1S/C30H29ClN2O4S/c1-21-12-15-26(16-13-21)38(35,36)33(27-19-25(31)14-17-28(27)37-3)20-29(34)32-30(23-9-5-4-6-10-23)24-11-7-8-22(2)18-24/h4-19,30H,20H2,1-3H3,(H,32,34). The number of methoxy groups -OCH3 is 1. The number of nitrogens with one attached hydrogen (secondary N) is 1. The van der Waals surface area contributed by atoms with Gasteiger partial charge in [0.15, 0.2) is 0 Å². The van der Waals surface area contributed by atoms with Crippen molar-refractivity contribution in [3.05, 3.63) is 124 Å².